The number of carbonyl (C=O) groups excluding carboxylic acids is 2. The normalized spacial score (nSPS) is 39.8. The summed E-state index contributed by atoms with van der Waals surface area (Å²) in [4.78, 5) is 24.2. The predicted octanol–water partition coefficient (Wildman–Crippen LogP) is 1.66. The van der Waals surface area contributed by atoms with Crippen LogP contribution < -0.4 is 0 Å². The number of phosphoric acid groups is 1. The Bertz CT molecular complexity index is 649. The van der Waals surface area contributed by atoms with Gasteiger partial charge in [0.25, 0.3) is 0 Å². The predicted molar refractivity (Wildman–Crippen MR) is 76.0 cm³/mol. The van der Waals surface area contributed by atoms with E-state index in [9.17, 15) is 18.5 Å². The fourth-order valence-electron chi connectivity index (χ4n) is 2.86. The molecule has 0 aromatic rings. The third-order valence-electron chi connectivity index (χ3n) is 4.44. The standard InChI is InChI=1S/C14H17FNO7P/c15-9-5-16(13(18)3-10(9)17)14-4-11-12(22-14)7-21-24(19,23-11)20-6-8-1-2-8/h5,8,11-12,14H,1-4,6-7H2/t11-,12+,14+,24?/m0/s1. The van der Waals surface area contributed by atoms with Crippen LogP contribution in [-0.2, 0) is 32.5 Å². The molecule has 4 aliphatic rings. The van der Waals surface area contributed by atoms with Gasteiger partial charge in [0.15, 0.2) is 5.83 Å². The topological polar surface area (TPSA) is 91.4 Å². The third-order valence-corrected chi connectivity index (χ3v) is 5.90. The average molecular weight is 361 g/mol. The summed E-state index contributed by atoms with van der Waals surface area (Å²) in [5, 5.41) is 0. The van der Waals surface area contributed by atoms with Crippen LogP contribution in [0.2, 0.25) is 0 Å². The summed E-state index contributed by atoms with van der Waals surface area (Å²) < 4.78 is 47.5. The summed E-state index contributed by atoms with van der Waals surface area (Å²) >= 11 is 0. The van der Waals surface area contributed by atoms with Crippen LogP contribution in [0.25, 0.3) is 0 Å². The van der Waals surface area contributed by atoms with Crippen LogP contribution in [-0.4, -0.2) is 48.2 Å². The van der Waals surface area contributed by atoms with Gasteiger partial charge in [0.1, 0.15) is 18.4 Å². The molecular formula is C14H17FNO7P. The maximum Gasteiger partial charge on any atom is 0.475 e. The Morgan fingerprint density at radius 2 is 2.12 bits per heavy atom. The minimum absolute atomic E-state index is 0.0102. The summed E-state index contributed by atoms with van der Waals surface area (Å²) in [6.45, 7) is 0.343. The Labute approximate surface area is 137 Å². The zero-order valence-corrected chi connectivity index (χ0v) is 13.7. The lowest BCUT2D eigenvalue weighted by molar-refractivity contribution is -0.146. The smallest absolute Gasteiger partial charge is 0.349 e. The van der Waals surface area contributed by atoms with E-state index in [0.717, 1.165) is 23.9 Å². The number of halogens is 1. The highest BCUT2D eigenvalue weighted by atomic mass is 31.2. The lowest BCUT2D eigenvalue weighted by atomic mass is 10.1. The zero-order valence-electron chi connectivity index (χ0n) is 12.8. The molecule has 0 aromatic heterocycles. The van der Waals surface area contributed by atoms with E-state index in [1.807, 2.05) is 0 Å². The molecule has 1 aliphatic carbocycles. The van der Waals surface area contributed by atoms with E-state index in [-0.39, 0.29) is 13.0 Å². The SMILES string of the molecule is O=C1CC(=O)N([C@H]2C[C@@H]3OP(=O)(OCC4CC4)OC[C@H]3O2)C=C1F. The molecular weight excluding hydrogens is 344 g/mol. The monoisotopic (exact) mass is 361 g/mol. The van der Waals surface area contributed by atoms with Crippen molar-refractivity contribution in [1.82, 2.24) is 4.90 Å². The van der Waals surface area contributed by atoms with E-state index in [4.69, 9.17) is 18.3 Å². The molecule has 1 saturated carbocycles. The fraction of sp³-hybridized carbons (Fsp3) is 0.714. The number of phosphoric ester groups is 1. The number of hydrogen-bond acceptors (Lipinski definition) is 7. The van der Waals surface area contributed by atoms with Crippen molar-refractivity contribution < 1.29 is 36.9 Å². The number of hydrogen-bond donors (Lipinski definition) is 0. The molecule has 3 aliphatic heterocycles. The number of nitrogens with zero attached hydrogens (tertiary/aromatic N) is 1. The third kappa shape index (κ3) is 3.19. The summed E-state index contributed by atoms with van der Waals surface area (Å²) in [5.74, 6) is -1.96. The van der Waals surface area contributed by atoms with Crippen molar-refractivity contribution in [3.8, 4) is 0 Å². The second-order valence-corrected chi connectivity index (χ2v) is 7.99. The van der Waals surface area contributed by atoms with Crippen molar-refractivity contribution >= 4 is 19.5 Å². The first-order valence-corrected chi connectivity index (χ1v) is 9.34. The summed E-state index contributed by atoms with van der Waals surface area (Å²) in [5.41, 5.74) is 0. The number of carbonyl (C=O) groups is 2. The van der Waals surface area contributed by atoms with Gasteiger partial charge in [-0.1, -0.05) is 0 Å². The molecule has 0 spiro atoms. The number of fused-ring (bicyclic) bond motifs is 1. The minimum Gasteiger partial charge on any atom is -0.349 e. The molecule has 1 unspecified atom stereocenters. The number of amides is 1. The first-order valence-electron chi connectivity index (χ1n) is 7.88. The summed E-state index contributed by atoms with van der Waals surface area (Å²) in [6.07, 6.45) is 0.728. The molecule has 24 heavy (non-hydrogen) atoms. The van der Waals surface area contributed by atoms with Crippen LogP contribution in [0.5, 0.6) is 0 Å². The van der Waals surface area contributed by atoms with Crippen LogP contribution in [0.3, 0.4) is 0 Å². The van der Waals surface area contributed by atoms with Crippen molar-refractivity contribution in [3.05, 3.63) is 12.0 Å². The van der Waals surface area contributed by atoms with Gasteiger partial charge in [0.05, 0.1) is 19.6 Å². The summed E-state index contributed by atoms with van der Waals surface area (Å²) in [6, 6.07) is 0. The molecule has 132 valence electrons. The Morgan fingerprint density at radius 3 is 2.88 bits per heavy atom. The molecule has 3 heterocycles. The van der Waals surface area contributed by atoms with E-state index in [1.165, 1.54) is 0 Å². The molecule has 4 rings (SSSR count). The maximum absolute atomic E-state index is 13.5. The van der Waals surface area contributed by atoms with Crippen LogP contribution in [0.1, 0.15) is 25.7 Å². The number of ketones is 1. The lowest BCUT2D eigenvalue weighted by Gasteiger charge is -2.30. The van der Waals surface area contributed by atoms with Crippen molar-refractivity contribution in [1.29, 1.82) is 0 Å². The summed E-state index contributed by atoms with van der Waals surface area (Å²) in [7, 11) is -3.63. The molecule has 0 bridgehead atoms. The second-order valence-electron chi connectivity index (χ2n) is 6.37. The molecule has 10 heteroatoms. The van der Waals surface area contributed by atoms with E-state index in [0.29, 0.717) is 12.5 Å². The molecule has 8 nitrogen and oxygen atoms in total. The van der Waals surface area contributed by atoms with Gasteiger partial charge in [-0.25, -0.2) is 8.96 Å². The van der Waals surface area contributed by atoms with Crippen molar-refractivity contribution in [2.75, 3.05) is 13.2 Å². The molecule has 0 aromatic carbocycles. The van der Waals surface area contributed by atoms with Crippen LogP contribution in [0.4, 0.5) is 4.39 Å². The fourth-order valence-corrected chi connectivity index (χ4v) is 4.34. The molecule has 2 saturated heterocycles. The molecule has 4 atom stereocenters. The maximum atomic E-state index is 13.5. The number of Topliss-reactive ketones (excluding diaryl/α,β-unsaturated/α-hetero) is 1. The number of allylic oxidation sites excluding steroid dienone is 1. The van der Waals surface area contributed by atoms with Crippen LogP contribution in [0.15, 0.2) is 12.0 Å². The van der Waals surface area contributed by atoms with Crippen molar-refractivity contribution in [2.45, 2.75) is 44.1 Å². The highest BCUT2D eigenvalue weighted by Gasteiger charge is 2.50. The number of ether oxygens (including phenoxy) is 1. The van der Waals surface area contributed by atoms with E-state index in [1.54, 1.807) is 0 Å². The van der Waals surface area contributed by atoms with Gasteiger partial charge in [-0.15, -0.1) is 0 Å². The molecule has 3 fully saturated rings. The Hall–Kier alpha value is -1.12. The van der Waals surface area contributed by atoms with Gasteiger partial charge in [0, 0.05) is 12.6 Å². The van der Waals surface area contributed by atoms with Gasteiger partial charge in [-0.3, -0.25) is 28.1 Å². The van der Waals surface area contributed by atoms with Gasteiger partial charge in [-0.05, 0) is 18.8 Å². The molecule has 0 radical (unpaired) electrons. The highest BCUT2D eigenvalue weighted by Crippen LogP contribution is 2.57. The quantitative estimate of drug-likeness (QED) is 0.555. The van der Waals surface area contributed by atoms with Gasteiger partial charge < -0.3 is 4.74 Å². The average Bonchev–Trinajstić information content (AvgIpc) is 3.28. The first kappa shape index (κ1) is 16.4. The highest BCUT2D eigenvalue weighted by molar-refractivity contribution is 7.48. The molecule has 0 N–H and O–H groups in total. The van der Waals surface area contributed by atoms with E-state index in [2.05, 4.69) is 0 Å². The van der Waals surface area contributed by atoms with Gasteiger partial charge in [-0.2, -0.15) is 0 Å². The first-order chi connectivity index (χ1) is 11.4. The second kappa shape index (κ2) is 6.00. The zero-order chi connectivity index (χ0) is 16.9. The van der Waals surface area contributed by atoms with Crippen LogP contribution in [0, 0.1) is 5.92 Å². The Balaban J connectivity index is 1.41. The van der Waals surface area contributed by atoms with Gasteiger partial charge >= 0.3 is 7.82 Å². The number of rotatable bonds is 4. The van der Waals surface area contributed by atoms with Crippen molar-refractivity contribution in [3.63, 3.8) is 0 Å². The van der Waals surface area contributed by atoms with E-state index >= 15 is 0 Å². The van der Waals surface area contributed by atoms with Gasteiger partial charge in [0.2, 0.25) is 11.7 Å². The minimum atomic E-state index is -3.63. The lowest BCUT2D eigenvalue weighted by Crippen LogP contribution is -2.40. The van der Waals surface area contributed by atoms with E-state index < -0.39 is 50.2 Å². The Kier molecular flexibility index (Phi) is 4.09. The largest absolute Gasteiger partial charge is 0.475 e. The molecule has 1 amide bonds. The Morgan fingerprint density at radius 1 is 1.33 bits per heavy atom. The van der Waals surface area contributed by atoms with Crippen LogP contribution >= 0.6 is 7.82 Å². The van der Waals surface area contributed by atoms with Crippen molar-refractivity contribution in [2.24, 2.45) is 5.92 Å².